The number of rotatable bonds is 6. The fourth-order valence-electron chi connectivity index (χ4n) is 1.16. The van der Waals surface area contributed by atoms with Crippen molar-refractivity contribution in [3.63, 3.8) is 0 Å². The van der Waals surface area contributed by atoms with E-state index in [1.165, 1.54) is 11.6 Å². The molecule has 0 radical (unpaired) electrons. The molecule has 0 unspecified atom stereocenters. The Balaban J connectivity index is 2.10. The summed E-state index contributed by atoms with van der Waals surface area (Å²) in [5, 5.41) is 1.85. The molecule has 1 rings (SSSR count). The molecule has 1 aromatic rings. The Bertz CT molecular complexity index is 280. The number of hydrogen-bond acceptors (Lipinski definition) is 2. The summed E-state index contributed by atoms with van der Waals surface area (Å²) in [5.74, 6) is 1.07. The number of aldehydes is 1. The fourth-order valence-corrected chi connectivity index (χ4v) is 1.78. The van der Waals surface area contributed by atoms with E-state index >= 15 is 0 Å². The predicted molar refractivity (Wildman–Crippen MR) is 62.4 cm³/mol. The van der Waals surface area contributed by atoms with Crippen LogP contribution in [0.25, 0.3) is 0 Å². The summed E-state index contributed by atoms with van der Waals surface area (Å²) in [5.41, 5.74) is 1.38. The summed E-state index contributed by atoms with van der Waals surface area (Å²) in [6.07, 6.45) is 4.61. The predicted octanol–water partition coefficient (Wildman–Crippen LogP) is 3.07. The lowest BCUT2D eigenvalue weighted by Crippen LogP contribution is -1.85. The zero-order valence-electron chi connectivity index (χ0n) is 8.06. The van der Waals surface area contributed by atoms with Crippen molar-refractivity contribution in [2.75, 3.05) is 5.75 Å². The molecule has 0 aliphatic heterocycles. The fraction of sp³-hybridized carbons (Fsp3) is 0.250. The molecule has 0 aromatic heterocycles. The van der Waals surface area contributed by atoms with Gasteiger partial charge in [-0.2, -0.15) is 0 Å². The minimum atomic E-state index is 0.810. The summed E-state index contributed by atoms with van der Waals surface area (Å²) in [7, 11) is 0. The summed E-state index contributed by atoms with van der Waals surface area (Å²) in [6.45, 7) is 0. The van der Waals surface area contributed by atoms with Crippen molar-refractivity contribution in [3.8, 4) is 0 Å². The summed E-state index contributed by atoms with van der Waals surface area (Å²) >= 11 is 1.69. The van der Waals surface area contributed by atoms with E-state index in [4.69, 9.17) is 0 Å². The zero-order chi connectivity index (χ0) is 10.1. The molecule has 1 nitrogen and oxygen atoms in total. The highest BCUT2D eigenvalue weighted by molar-refractivity contribution is 8.02. The van der Waals surface area contributed by atoms with Gasteiger partial charge in [-0.15, -0.1) is 11.8 Å². The minimum Gasteiger partial charge on any atom is -0.299 e. The normalized spacial score (nSPS) is 10.6. The number of benzene rings is 1. The molecule has 1 aromatic carbocycles. The van der Waals surface area contributed by atoms with Crippen LogP contribution in [-0.2, 0) is 11.2 Å². The monoisotopic (exact) mass is 206 g/mol. The van der Waals surface area contributed by atoms with Gasteiger partial charge in [0.15, 0.2) is 0 Å². The van der Waals surface area contributed by atoms with Crippen molar-refractivity contribution < 1.29 is 4.79 Å². The van der Waals surface area contributed by atoms with E-state index in [1.807, 2.05) is 11.5 Å². The molecule has 0 saturated carbocycles. The van der Waals surface area contributed by atoms with Crippen LogP contribution in [0.1, 0.15) is 12.0 Å². The Morgan fingerprint density at radius 1 is 1.21 bits per heavy atom. The van der Waals surface area contributed by atoms with Crippen LogP contribution in [0.4, 0.5) is 0 Å². The Labute approximate surface area is 89.2 Å². The first kappa shape index (κ1) is 11.1. The minimum absolute atomic E-state index is 0.810. The Hall–Kier alpha value is -1.02. The highest BCUT2D eigenvalue weighted by atomic mass is 32.2. The standard InChI is InChI=1S/C12H14OS/c13-9-5-11-14-10-4-8-12-6-2-1-3-7-12/h1-3,5-7,9,11H,4,8,10H2/b11-5+. The van der Waals surface area contributed by atoms with Gasteiger partial charge in [-0.25, -0.2) is 0 Å². The Morgan fingerprint density at radius 2 is 2.00 bits per heavy atom. The molecule has 74 valence electrons. The van der Waals surface area contributed by atoms with Gasteiger partial charge >= 0.3 is 0 Å². The number of allylic oxidation sites excluding steroid dienone is 1. The quantitative estimate of drug-likeness (QED) is 0.404. The first-order chi connectivity index (χ1) is 6.93. The van der Waals surface area contributed by atoms with Gasteiger partial charge in [0, 0.05) is 0 Å². The van der Waals surface area contributed by atoms with Crippen LogP contribution in [0.15, 0.2) is 41.8 Å². The summed E-state index contributed by atoms with van der Waals surface area (Å²) in [6, 6.07) is 10.5. The number of thioether (sulfide) groups is 1. The lowest BCUT2D eigenvalue weighted by atomic mass is 10.1. The number of aryl methyl sites for hydroxylation is 1. The van der Waals surface area contributed by atoms with Gasteiger partial charge in [0.05, 0.1) is 0 Å². The van der Waals surface area contributed by atoms with Crippen LogP contribution in [0.2, 0.25) is 0 Å². The molecular formula is C12H14OS. The molecule has 2 heteroatoms. The van der Waals surface area contributed by atoms with E-state index in [-0.39, 0.29) is 0 Å². The van der Waals surface area contributed by atoms with E-state index in [0.717, 1.165) is 24.9 Å². The number of carbonyl (C=O) groups excluding carboxylic acids is 1. The number of hydrogen-bond donors (Lipinski definition) is 0. The lowest BCUT2D eigenvalue weighted by Gasteiger charge is -1.98. The van der Waals surface area contributed by atoms with Gasteiger partial charge in [0.1, 0.15) is 6.29 Å². The lowest BCUT2D eigenvalue weighted by molar-refractivity contribution is -0.104. The molecule has 0 heterocycles. The Morgan fingerprint density at radius 3 is 2.71 bits per heavy atom. The molecule has 0 fully saturated rings. The second-order valence-corrected chi connectivity index (χ2v) is 3.94. The van der Waals surface area contributed by atoms with Gasteiger partial charge in [0.25, 0.3) is 0 Å². The maximum Gasteiger partial charge on any atom is 0.143 e. The smallest absolute Gasteiger partial charge is 0.143 e. The molecule has 0 N–H and O–H groups in total. The molecule has 14 heavy (non-hydrogen) atoms. The first-order valence-corrected chi connectivity index (χ1v) is 5.74. The van der Waals surface area contributed by atoms with Gasteiger partial charge in [-0.05, 0) is 35.6 Å². The average Bonchev–Trinajstić information content (AvgIpc) is 2.25. The van der Waals surface area contributed by atoms with Crippen LogP contribution < -0.4 is 0 Å². The second kappa shape index (κ2) is 7.39. The van der Waals surface area contributed by atoms with Crippen molar-refractivity contribution >= 4 is 18.0 Å². The van der Waals surface area contributed by atoms with E-state index in [1.54, 1.807) is 11.8 Å². The van der Waals surface area contributed by atoms with E-state index in [0.29, 0.717) is 0 Å². The molecule has 0 atom stereocenters. The molecule has 0 spiro atoms. The van der Waals surface area contributed by atoms with Crippen LogP contribution in [0.5, 0.6) is 0 Å². The van der Waals surface area contributed by atoms with Crippen molar-refractivity contribution in [3.05, 3.63) is 47.4 Å². The van der Waals surface area contributed by atoms with Gasteiger partial charge < -0.3 is 0 Å². The van der Waals surface area contributed by atoms with Crippen molar-refractivity contribution in [1.82, 2.24) is 0 Å². The van der Waals surface area contributed by atoms with Crippen molar-refractivity contribution in [2.24, 2.45) is 0 Å². The summed E-state index contributed by atoms with van der Waals surface area (Å²) in [4.78, 5) is 9.96. The maximum absolute atomic E-state index is 9.96. The average molecular weight is 206 g/mol. The van der Waals surface area contributed by atoms with Gasteiger partial charge in [0.2, 0.25) is 0 Å². The molecule has 0 saturated heterocycles. The molecule has 0 bridgehead atoms. The third-order valence-corrected chi connectivity index (χ3v) is 2.70. The third-order valence-electron chi connectivity index (χ3n) is 1.82. The highest BCUT2D eigenvalue weighted by Gasteiger charge is 1.90. The van der Waals surface area contributed by atoms with Crippen molar-refractivity contribution in [1.29, 1.82) is 0 Å². The molecular weight excluding hydrogens is 192 g/mol. The van der Waals surface area contributed by atoms with Crippen LogP contribution in [0, 0.1) is 0 Å². The first-order valence-electron chi connectivity index (χ1n) is 4.69. The van der Waals surface area contributed by atoms with E-state index in [9.17, 15) is 4.79 Å². The van der Waals surface area contributed by atoms with Crippen molar-refractivity contribution in [2.45, 2.75) is 12.8 Å². The number of carbonyl (C=O) groups is 1. The molecule has 0 amide bonds. The Kier molecular flexibility index (Phi) is 5.84. The van der Waals surface area contributed by atoms with E-state index < -0.39 is 0 Å². The van der Waals surface area contributed by atoms with Crippen LogP contribution in [0.3, 0.4) is 0 Å². The SMILES string of the molecule is O=C/C=C/SCCCc1ccccc1. The zero-order valence-corrected chi connectivity index (χ0v) is 8.87. The third kappa shape index (κ3) is 4.87. The maximum atomic E-state index is 9.96. The largest absolute Gasteiger partial charge is 0.299 e. The topological polar surface area (TPSA) is 17.1 Å². The van der Waals surface area contributed by atoms with Gasteiger partial charge in [-0.3, -0.25) is 4.79 Å². The van der Waals surface area contributed by atoms with Gasteiger partial charge in [-0.1, -0.05) is 30.3 Å². The van der Waals surface area contributed by atoms with Crippen LogP contribution >= 0.6 is 11.8 Å². The van der Waals surface area contributed by atoms with E-state index in [2.05, 4.69) is 24.3 Å². The summed E-state index contributed by atoms with van der Waals surface area (Å²) < 4.78 is 0. The second-order valence-electron chi connectivity index (χ2n) is 2.92. The van der Waals surface area contributed by atoms with Crippen LogP contribution in [-0.4, -0.2) is 12.0 Å². The molecule has 0 aliphatic rings. The molecule has 0 aliphatic carbocycles. The highest BCUT2D eigenvalue weighted by Crippen LogP contribution is 2.08.